The Balaban J connectivity index is 1.11. The lowest BCUT2D eigenvalue weighted by Gasteiger charge is -2.50. The van der Waals surface area contributed by atoms with E-state index in [1.54, 1.807) is 11.1 Å². The summed E-state index contributed by atoms with van der Waals surface area (Å²) in [4.78, 5) is 31.1. The van der Waals surface area contributed by atoms with Crippen LogP contribution in [-0.4, -0.2) is 89.4 Å². The Morgan fingerprint density at radius 3 is 2.52 bits per heavy atom. The molecule has 3 saturated heterocycles. The lowest BCUT2D eigenvalue weighted by Crippen LogP contribution is -2.60. The van der Waals surface area contributed by atoms with E-state index >= 15 is 0 Å². The van der Waals surface area contributed by atoms with Gasteiger partial charge in [0, 0.05) is 74.8 Å². The van der Waals surface area contributed by atoms with Gasteiger partial charge in [0.15, 0.2) is 0 Å². The zero-order valence-electron chi connectivity index (χ0n) is 25.2. The molecule has 9 nitrogen and oxygen atoms in total. The monoisotopic (exact) mass is 567 g/mol. The summed E-state index contributed by atoms with van der Waals surface area (Å²) in [5.41, 5.74) is 3.41. The van der Waals surface area contributed by atoms with Gasteiger partial charge in [-0.3, -0.25) is 9.88 Å². The molecule has 3 aromatic rings. The van der Waals surface area contributed by atoms with Crippen LogP contribution in [0, 0.1) is 11.3 Å². The van der Waals surface area contributed by atoms with Crippen molar-refractivity contribution in [2.24, 2.45) is 0 Å². The molecule has 3 atom stereocenters. The van der Waals surface area contributed by atoms with Crippen LogP contribution >= 0.6 is 0 Å². The Bertz CT molecular complexity index is 1470. The van der Waals surface area contributed by atoms with E-state index in [2.05, 4.69) is 63.1 Å². The predicted molar refractivity (Wildman–Crippen MR) is 165 cm³/mol. The fourth-order valence-electron chi connectivity index (χ4n) is 6.88. The van der Waals surface area contributed by atoms with Gasteiger partial charge in [-0.25, -0.2) is 9.78 Å². The molecule has 42 heavy (non-hydrogen) atoms. The van der Waals surface area contributed by atoms with Gasteiger partial charge in [0.25, 0.3) is 0 Å². The molecule has 3 fully saturated rings. The minimum Gasteiger partial charge on any atom is -0.444 e. The van der Waals surface area contributed by atoms with E-state index in [0.29, 0.717) is 36.7 Å². The van der Waals surface area contributed by atoms with E-state index < -0.39 is 5.60 Å². The first-order valence-electron chi connectivity index (χ1n) is 15.2. The minimum atomic E-state index is -0.481. The molecule has 0 spiro atoms. The van der Waals surface area contributed by atoms with Crippen LogP contribution in [0.3, 0.4) is 0 Å². The fourth-order valence-corrected chi connectivity index (χ4v) is 6.88. The van der Waals surface area contributed by atoms with Gasteiger partial charge in [0.2, 0.25) is 0 Å². The van der Waals surface area contributed by atoms with Gasteiger partial charge in [-0.2, -0.15) is 5.26 Å². The molecule has 0 radical (unpaired) electrons. The van der Waals surface area contributed by atoms with Gasteiger partial charge in [-0.15, -0.1) is 0 Å². The molecule has 3 aliphatic rings. The zero-order valence-corrected chi connectivity index (χ0v) is 25.2. The number of carbonyl (C=O) groups is 1. The summed E-state index contributed by atoms with van der Waals surface area (Å²) in [6, 6.07) is 15.7. The number of hydrogen-bond donors (Lipinski definition) is 0. The van der Waals surface area contributed by atoms with Crippen LogP contribution in [0.4, 0.5) is 16.3 Å². The van der Waals surface area contributed by atoms with Crippen molar-refractivity contribution in [3.63, 3.8) is 0 Å². The van der Waals surface area contributed by atoms with Crippen molar-refractivity contribution in [3.05, 3.63) is 59.9 Å². The minimum absolute atomic E-state index is 0.239. The number of nitrogens with zero attached hydrogens (tertiary/aromatic N) is 7. The number of nitriles is 1. The van der Waals surface area contributed by atoms with Crippen LogP contribution in [0.5, 0.6) is 0 Å². The Kier molecular flexibility index (Phi) is 7.67. The average Bonchev–Trinajstić information content (AvgIpc) is 2.99. The molecule has 0 aliphatic carbocycles. The van der Waals surface area contributed by atoms with Crippen molar-refractivity contribution < 1.29 is 9.53 Å². The number of rotatable bonds is 3. The largest absolute Gasteiger partial charge is 0.444 e. The number of anilines is 2. The standard InChI is InChI=1S/C33H41N7O2/c1-23-21-39(29-9-7-25(19-34)31-28(29)6-5-12-35-31)22-27-18-24(11-13-40(23)27)26-8-10-30(36-20-26)37-14-16-38(17-15-37)32(41)42-33(2,3)4/h5-10,12,20,23-24,27H,11,13-18,21-22H2,1-4H3/t23-,24?,27?/m1/s1. The molecule has 1 amide bonds. The molecule has 0 saturated carbocycles. The third kappa shape index (κ3) is 5.73. The van der Waals surface area contributed by atoms with E-state index in [-0.39, 0.29) is 6.09 Å². The van der Waals surface area contributed by atoms with Gasteiger partial charge >= 0.3 is 6.09 Å². The second-order valence-electron chi connectivity index (χ2n) is 12.9. The maximum Gasteiger partial charge on any atom is 0.410 e. The van der Waals surface area contributed by atoms with E-state index in [0.717, 1.165) is 62.3 Å². The van der Waals surface area contributed by atoms with Crippen molar-refractivity contribution in [3.8, 4) is 6.07 Å². The fraction of sp³-hybridized carbons (Fsp3) is 0.515. The number of fused-ring (bicyclic) bond motifs is 2. The molecular weight excluding hydrogens is 526 g/mol. The first-order valence-corrected chi connectivity index (χ1v) is 15.2. The number of piperidine rings is 1. The van der Waals surface area contributed by atoms with Gasteiger partial charge in [0.1, 0.15) is 17.5 Å². The van der Waals surface area contributed by atoms with Crippen molar-refractivity contribution in [2.75, 3.05) is 55.6 Å². The Hall–Kier alpha value is -3.90. The van der Waals surface area contributed by atoms with Crippen LogP contribution in [0.15, 0.2) is 48.8 Å². The maximum atomic E-state index is 12.4. The van der Waals surface area contributed by atoms with Crippen LogP contribution < -0.4 is 9.80 Å². The predicted octanol–water partition coefficient (Wildman–Crippen LogP) is 5.02. The highest BCUT2D eigenvalue weighted by molar-refractivity contribution is 5.95. The zero-order chi connectivity index (χ0) is 29.4. The normalized spacial score (nSPS) is 23.4. The first kappa shape index (κ1) is 28.2. The summed E-state index contributed by atoms with van der Waals surface area (Å²) < 4.78 is 5.54. The lowest BCUT2D eigenvalue weighted by atomic mass is 9.83. The number of aromatic nitrogens is 2. The summed E-state index contributed by atoms with van der Waals surface area (Å²) in [6.07, 6.45) is 5.84. The van der Waals surface area contributed by atoms with Crippen LogP contribution in [0.1, 0.15) is 57.6 Å². The highest BCUT2D eigenvalue weighted by atomic mass is 16.6. The molecule has 1 aromatic carbocycles. The highest BCUT2D eigenvalue weighted by Crippen LogP contribution is 2.38. The van der Waals surface area contributed by atoms with Crippen molar-refractivity contribution in [1.82, 2.24) is 19.8 Å². The van der Waals surface area contributed by atoms with Gasteiger partial charge in [-0.05, 0) is 88.9 Å². The Labute approximate surface area is 248 Å². The van der Waals surface area contributed by atoms with E-state index in [1.165, 1.54) is 11.3 Å². The number of benzene rings is 1. The smallest absolute Gasteiger partial charge is 0.410 e. The summed E-state index contributed by atoms with van der Waals surface area (Å²) in [5.74, 6) is 1.45. The molecule has 2 aromatic heterocycles. The Morgan fingerprint density at radius 2 is 1.81 bits per heavy atom. The lowest BCUT2D eigenvalue weighted by molar-refractivity contribution is 0.0240. The second kappa shape index (κ2) is 11.4. The number of hydrogen-bond acceptors (Lipinski definition) is 8. The van der Waals surface area contributed by atoms with Gasteiger partial charge in [0.05, 0.1) is 11.1 Å². The number of ether oxygens (including phenoxy) is 1. The maximum absolute atomic E-state index is 12.4. The number of pyridine rings is 2. The molecular formula is C33H41N7O2. The number of carbonyl (C=O) groups excluding carboxylic acids is 1. The highest BCUT2D eigenvalue weighted by Gasteiger charge is 2.38. The number of amides is 1. The van der Waals surface area contributed by atoms with Crippen LogP contribution in [0.2, 0.25) is 0 Å². The second-order valence-corrected chi connectivity index (χ2v) is 12.9. The molecule has 0 bridgehead atoms. The SMILES string of the molecule is C[C@@H]1CN(c2ccc(C#N)c3ncccc23)CC2CC(c3ccc(N4CCN(C(=O)OC(C)(C)C)CC4)nc3)CCN21. The molecule has 9 heteroatoms. The number of piperazine rings is 2. The molecule has 0 N–H and O–H groups in total. The van der Waals surface area contributed by atoms with E-state index in [1.807, 2.05) is 32.9 Å². The molecule has 6 rings (SSSR count). The van der Waals surface area contributed by atoms with Gasteiger partial charge < -0.3 is 19.4 Å². The van der Waals surface area contributed by atoms with E-state index in [9.17, 15) is 10.1 Å². The third-order valence-corrected chi connectivity index (χ3v) is 8.95. The molecule has 2 unspecified atom stereocenters. The van der Waals surface area contributed by atoms with Crippen molar-refractivity contribution in [2.45, 2.75) is 64.1 Å². The van der Waals surface area contributed by atoms with Crippen LogP contribution in [0.25, 0.3) is 10.9 Å². The third-order valence-electron chi connectivity index (χ3n) is 8.95. The summed E-state index contributed by atoms with van der Waals surface area (Å²) >= 11 is 0. The average molecular weight is 568 g/mol. The van der Waals surface area contributed by atoms with Crippen molar-refractivity contribution in [1.29, 1.82) is 5.26 Å². The Morgan fingerprint density at radius 1 is 1.00 bits per heavy atom. The topological polar surface area (TPSA) is 88.8 Å². The summed E-state index contributed by atoms with van der Waals surface area (Å²) in [7, 11) is 0. The van der Waals surface area contributed by atoms with Crippen LogP contribution in [-0.2, 0) is 4.74 Å². The molecule has 5 heterocycles. The molecule has 3 aliphatic heterocycles. The van der Waals surface area contributed by atoms with E-state index in [4.69, 9.17) is 9.72 Å². The van der Waals surface area contributed by atoms with Crippen molar-refractivity contribution >= 4 is 28.5 Å². The molecule has 220 valence electrons. The quantitative estimate of drug-likeness (QED) is 0.436. The van der Waals surface area contributed by atoms with Gasteiger partial charge in [-0.1, -0.05) is 6.07 Å². The summed E-state index contributed by atoms with van der Waals surface area (Å²) in [6.45, 7) is 13.8. The summed E-state index contributed by atoms with van der Waals surface area (Å²) in [5, 5.41) is 10.6. The first-order chi connectivity index (χ1) is 20.2.